The quantitative estimate of drug-likeness (QED) is 0.659. The summed E-state index contributed by atoms with van der Waals surface area (Å²) in [6.45, 7) is 2.95. The Morgan fingerprint density at radius 3 is 3.00 bits per heavy atom. The molecule has 1 unspecified atom stereocenters. The zero-order valence-corrected chi connectivity index (χ0v) is 12.9. The minimum Gasteiger partial charge on any atom is -0.396 e. The molecule has 1 aliphatic rings. The summed E-state index contributed by atoms with van der Waals surface area (Å²) in [5, 5.41) is 20.0. The van der Waals surface area contributed by atoms with Crippen LogP contribution in [0.5, 0.6) is 0 Å². The van der Waals surface area contributed by atoms with Gasteiger partial charge in [-0.1, -0.05) is 6.07 Å². The van der Waals surface area contributed by atoms with Gasteiger partial charge in [-0.25, -0.2) is 0 Å². The Hall–Kier alpha value is -0.980. The molecule has 1 N–H and O–H groups in total. The number of likely N-dealkylation sites (tertiary alicyclic amines) is 1. The van der Waals surface area contributed by atoms with Crippen LogP contribution in [0.1, 0.15) is 24.8 Å². The van der Waals surface area contributed by atoms with Gasteiger partial charge in [-0.2, -0.15) is 0 Å². The van der Waals surface area contributed by atoms with Gasteiger partial charge in [0.15, 0.2) is 0 Å². The molecule has 5 nitrogen and oxygen atoms in total. The number of nitro groups is 1. The van der Waals surface area contributed by atoms with E-state index in [0.29, 0.717) is 10.4 Å². The van der Waals surface area contributed by atoms with Gasteiger partial charge >= 0.3 is 0 Å². The second kappa shape index (κ2) is 7.15. The minimum absolute atomic E-state index is 0.117. The van der Waals surface area contributed by atoms with Crippen molar-refractivity contribution in [2.75, 3.05) is 19.7 Å². The van der Waals surface area contributed by atoms with Crippen LogP contribution >= 0.6 is 15.9 Å². The summed E-state index contributed by atoms with van der Waals surface area (Å²) in [6, 6.07) is 5.30. The summed E-state index contributed by atoms with van der Waals surface area (Å²) in [5.41, 5.74) is 1.08. The van der Waals surface area contributed by atoms with Gasteiger partial charge in [0.2, 0.25) is 0 Å². The molecule has 1 saturated heterocycles. The second-order valence-corrected chi connectivity index (χ2v) is 6.15. The Balaban J connectivity index is 2.02. The second-order valence-electron chi connectivity index (χ2n) is 5.30. The average molecular weight is 343 g/mol. The van der Waals surface area contributed by atoms with Gasteiger partial charge < -0.3 is 5.11 Å². The van der Waals surface area contributed by atoms with Crippen molar-refractivity contribution >= 4 is 21.6 Å². The van der Waals surface area contributed by atoms with Crippen molar-refractivity contribution in [2.45, 2.75) is 25.8 Å². The molecule has 1 fully saturated rings. The molecule has 110 valence electrons. The summed E-state index contributed by atoms with van der Waals surface area (Å²) in [6.07, 6.45) is 3.14. The lowest BCUT2D eigenvalue weighted by Crippen LogP contribution is -2.35. The first-order chi connectivity index (χ1) is 9.60. The van der Waals surface area contributed by atoms with Gasteiger partial charge in [0, 0.05) is 25.8 Å². The maximum Gasteiger partial charge on any atom is 0.283 e. The molecule has 0 amide bonds. The highest BCUT2D eigenvalue weighted by Crippen LogP contribution is 2.27. The molecule has 0 aromatic heterocycles. The van der Waals surface area contributed by atoms with Crippen molar-refractivity contribution in [3.8, 4) is 0 Å². The van der Waals surface area contributed by atoms with E-state index in [1.165, 1.54) is 0 Å². The fourth-order valence-electron chi connectivity index (χ4n) is 2.77. The van der Waals surface area contributed by atoms with E-state index in [-0.39, 0.29) is 17.2 Å². The molecule has 1 heterocycles. The SMILES string of the molecule is O=[N+]([O-])c1cc(CN2CCCC(CCO)C2)ccc1Br. The maximum atomic E-state index is 10.9. The number of hydrogen-bond acceptors (Lipinski definition) is 4. The molecule has 0 bridgehead atoms. The molecule has 1 aromatic carbocycles. The van der Waals surface area contributed by atoms with E-state index < -0.39 is 0 Å². The Bertz CT molecular complexity index is 479. The third-order valence-electron chi connectivity index (χ3n) is 3.75. The summed E-state index contributed by atoms with van der Waals surface area (Å²) < 4.78 is 0.517. The van der Waals surface area contributed by atoms with Crippen LogP contribution in [-0.2, 0) is 6.54 Å². The topological polar surface area (TPSA) is 66.6 Å². The molecule has 0 radical (unpaired) electrons. The fraction of sp³-hybridized carbons (Fsp3) is 0.571. The first-order valence-electron chi connectivity index (χ1n) is 6.86. The molecule has 0 saturated carbocycles. The number of rotatable bonds is 5. The van der Waals surface area contributed by atoms with Crippen LogP contribution in [0.4, 0.5) is 5.69 Å². The molecule has 0 aliphatic carbocycles. The third-order valence-corrected chi connectivity index (χ3v) is 4.42. The molecule has 1 aromatic rings. The van der Waals surface area contributed by atoms with E-state index in [4.69, 9.17) is 5.11 Å². The number of nitro benzene ring substituents is 1. The van der Waals surface area contributed by atoms with Crippen LogP contribution in [0.2, 0.25) is 0 Å². The number of nitrogens with zero attached hydrogens (tertiary/aromatic N) is 2. The van der Waals surface area contributed by atoms with E-state index in [9.17, 15) is 10.1 Å². The Labute approximate surface area is 126 Å². The molecule has 1 aliphatic heterocycles. The van der Waals surface area contributed by atoms with Gasteiger partial charge in [0.25, 0.3) is 5.69 Å². The van der Waals surface area contributed by atoms with Crippen molar-refractivity contribution < 1.29 is 10.0 Å². The first kappa shape index (κ1) is 15.4. The van der Waals surface area contributed by atoms with E-state index in [0.717, 1.165) is 44.5 Å². The van der Waals surface area contributed by atoms with E-state index in [1.807, 2.05) is 6.07 Å². The fourth-order valence-corrected chi connectivity index (χ4v) is 3.16. The van der Waals surface area contributed by atoms with Crippen molar-refractivity contribution in [3.05, 3.63) is 38.3 Å². The summed E-state index contributed by atoms with van der Waals surface area (Å²) in [5.74, 6) is 0.541. The number of hydrogen-bond donors (Lipinski definition) is 1. The van der Waals surface area contributed by atoms with Gasteiger partial charge in [-0.05, 0) is 59.3 Å². The summed E-state index contributed by atoms with van der Waals surface area (Å²) in [7, 11) is 0. The van der Waals surface area contributed by atoms with Gasteiger partial charge in [-0.3, -0.25) is 15.0 Å². The van der Waals surface area contributed by atoms with Crippen LogP contribution in [0, 0.1) is 16.0 Å². The third kappa shape index (κ3) is 4.01. The Morgan fingerprint density at radius 1 is 1.50 bits per heavy atom. The van der Waals surface area contributed by atoms with Gasteiger partial charge in [0.1, 0.15) is 0 Å². The Kier molecular flexibility index (Phi) is 5.51. The van der Waals surface area contributed by atoms with Crippen LogP contribution in [-0.4, -0.2) is 34.6 Å². The summed E-state index contributed by atoms with van der Waals surface area (Å²) >= 11 is 3.20. The lowest BCUT2D eigenvalue weighted by Gasteiger charge is -2.32. The predicted molar refractivity (Wildman–Crippen MR) is 80.5 cm³/mol. The van der Waals surface area contributed by atoms with Gasteiger partial charge in [0.05, 0.1) is 9.40 Å². The molecule has 6 heteroatoms. The van der Waals surface area contributed by atoms with E-state index in [2.05, 4.69) is 20.8 Å². The smallest absolute Gasteiger partial charge is 0.283 e. The highest BCUT2D eigenvalue weighted by atomic mass is 79.9. The highest BCUT2D eigenvalue weighted by molar-refractivity contribution is 9.10. The standard InChI is InChI=1S/C14H19BrN2O3/c15-13-4-3-12(8-14(13)17(19)20)10-16-6-1-2-11(9-16)5-7-18/h3-4,8,11,18H,1-2,5-7,9-10H2. The van der Waals surface area contributed by atoms with Crippen molar-refractivity contribution in [3.63, 3.8) is 0 Å². The predicted octanol–water partition coefficient (Wildman–Crippen LogP) is 2.95. The van der Waals surface area contributed by atoms with Crippen LogP contribution in [0.3, 0.4) is 0 Å². The zero-order valence-electron chi connectivity index (χ0n) is 11.3. The lowest BCUT2D eigenvalue weighted by atomic mass is 9.95. The number of halogens is 1. The largest absolute Gasteiger partial charge is 0.396 e. The van der Waals surface area contributed by atoms with Crippen molar-refractivity contribution in [2.24, 2.45) is 5.92 Å². The van der Waals surface area contributed by atoms with Crippen molar-refractivity contribution in [1.82, 2.24) is 4.90 Å². The van der Waals surface area contributed by atoms with Crippen LogP contribution in [0.25, 0.3) is 0 Å². The maximum absolute atomic E-state index is 10.9. The molecule has 20 heavy (non-hydrogen) atoms. The number of piperidine rings is 1. The normalized spacial score (nSPS) is 20.0. The summed E-state index contributed by atoms with van der Waals surface area (Å²) in [4.78, 5) is 12.9. The molecule has 2 rings (SSSR count). The molecule has 0 spiro atoms. The molecular formula is C14H19BrN2O3. The zero-order chi connectivity index (χ0) is 14.5. The Morgan fingerprint density at radius 2 is 2.30 bits per heavy atom. The minimum atomic E-state index is -0.363. The number of aliphatic hydroxyl groups is 1. The van der Waals surface area contributed by atoms with E-state index >= 15 is 0 Å². The molecule has 1 atom stereocenters. The monoisotopic (exact) mass is 342 g/mol. The highest BCUT2D eigenvalue weighted by Gasteiger charge is 2.20. The lowest BCUT2D eigenvalue weighted by molar-refractivity contribution is -0.385. The average Bonchev–Trinajstić information content (AvgIpc) is 2.41. The number of benzene rings is 1. The number of aliphatic hydroxyl groups excluding tert-OH is 1. The van der Waals surface area contributed by atoms with Crippen LogP contribution < -0.4 is 0 Å². The van der Waals surface area contributed by atoms with E-state index in [1.54, 1.807) is 12.1 Å². The van der Waals surface area contributed by atoms with Gasteiger partial charge in [-0.15, -0.1) is 0 Å². The van der Waals surface area contributed by atoms with Crippen LogP contribution in [0.15, 0.2) is 22.7 Å². The molecular weight excluding hydrogens is 324 g/mol. The van der Waals surface area contributed by atoms with Crippen molar-refractivity contribution in [1.29, 1.82) is 0 Å². The first-order valence-corrected chi connectivity index (χ1v) is 7.65.